The van der Waals surface area contributed by atoms with Crippen LogP contribution in [0.5, 0.6) is 5.75 Å². The third kappa shape index (κ3) is 3.48. The molecule has 6 rings (SSSR count). The van der Waals surface area contributed by atoms with Gasteiger partial charge >= 0.3 is 0 Å². The minimum atomic E-state index is 0.0261. The Hall–Kier alpha value is -2.87. The summed E-state index contributed by atoms with van der Waals surface area (Å²) in [5.41, 5.74) is 9.66. The molecule has 3 aliphatic rings. The van der Waals surface area contributed by atoms with Crippen LogP contribution in [0.15, 0.2) is 18.3 Å². The number of aromatic nitrogens is 4. The number of nitrogens with zero attached hydrogens (tertiary/aromatic N) is 5. The number of ether oxygens (including phenoxy) is 1. The molecule has 2 bridgehead atoms. The molecule has 2 aliphatic carbocycles. The molecular formula is C27H36N6O2. The Balaban J connectivity index is 1.40. The van der Waals surface area contributed by atoms with Crippen LogP contribution in [0.1, 0.15) is 74.0 Å². The highest BCUT2D eigenvalue weighted by atomic mass is 16.5. The lowest BCUT2D eigenvalue weighted by molar-refractivity contribution is 0.0700. The van der Waals surface area contributed by atoms with E-state index >= 15 is 0 Å². The minimum Gasteiger partial charge on any atom is -0.494 e. The highest BCUT2D eigenvalue weighted by Gasteiger charge is 2.47. The number of amides is 1. The number of benzene rings is 1. The van der Waals surface area contributed by atoms with Crippen LogP contribution in [0.3, 0.4) is 0 Å². The van der Waals surface area contributed by atoms with Crippen molar-refractivity contribution in [1.29, 1.82) is 0 Å². The fraction of sp³-hybridized carbons (Fsp3) is 0.593. The van der Waals surface area contributed by atoms with Gasteiger partial charge in [0.05, 0.1) is 18.8 Å². The topological polar surface area (TPSA) is 91.2 Å². The summed E-state index contributed by atoms with van der Waals surface area (Å²) < 4.78 is 10.2. The Labute approximate surface area is 206 Å². The number of carbonyl (C=O) groups is 1. The van der Waals surface area contributed by atoms with Gasteiger partial charge < -0.3 is 24.5 Å². The summed E-state index contributed by atoms with van der Waals surface area (Å²) in [4.78, 5) is 25.4. The van der Waals surface area contributed by atoms with Crippen LogP contribution in [-0.2, 0) is 13.6 Å². The van der Waals surface area contributed by atoms with Crippen LogP contribution in [0.2, 0.25) is 0 Å². The molecule has 0 radical (unpaired) electrons. The normalized spacial score (nSPS) is 24.6. The van der Waals surface area contributed by atoms with E-state index in [0.717, 1.165) is 48.5 Å². The van der Waals surface area contributed by atoms with Crippen molar-refractivity contribution in [3.8, 4) is 17.3 Å². The van der Waals surface area contributed by atoms with E-state index in [1.54, 1.807) is 7.11 Å². The van der Waals surface area contributed by atoms with Gasteiger partial charge in [-0.25, -0.2) is 9.97 Å². The first kappa shape index (κ1) is 22.6. The highest BCUT2D eigenvalue weighted by molar-refractivity contribution is 6.00. The largest absolute Gasteiger partial charge is 0.494 e. The summed E-state index contributed by atoms with van der Waals surface area (Å²) in [7, 11) is 3.67. The lowest BCUT2D eigenvalue weighted by Gasteiger charge is -2.27. The molecule has 8 nitrogen and oxygen atoms in total. The van der Waals surface area contributed by atoms with E-state index in [-0.39, 0.29) is 18.0 Å². The Morgan fingerprint density at radius 1 is 1.17 bits per heavy atom. The van der Waals surface area contributed by atoms with Crippen molar-refractivity contribution < 1.29 is 9.53 Å². The van der Waals surface area contributed by atoms with Crippen molar-refractivity contribution in [2.45, 2.75) is 76.4 Å². The zero-order valence-corrected chi connectivity index (χ0v) is 21.0. The number of nitrogens with two attached hydrogens (primary N) is 1. The molecule has 2 aromatic heterocycles. The Kier molecular flexibility index (Phi) is 5.59. The summed E-state index contributed by atoms with van der Waals surface area (Å²) >= 11 is 0. The quantitative estimate of drug-likeness (QED) is 0.599. The van der Waals surface area contributed by atoms with E-state index in [9.17, 15) is 4.79 Å². The first-order chi connectivity index (χ1) is 17.0. The van der Waals surface area contributed by atoms with Gasteiger partial charge in [-0.15, -0.1) is 0 Å². The van der Waals surface area contributed by atoms with Crippen molar-refractivity contribution in [3.05, 3.63) is 29.7 Å². The van der Waals surface area contributed by atoms with Crippen LogP contribution in [0.25, 0.3) is 22.6 Å². The van der Waals surface area contributed by atoms with Crippen molar-refractivity contribution in [2.75, 3.05) is 13.7 Å². The SMILES string of the molecule is CCn1c(-c2nc3cc(C(=O)N4C[C@H]5CC[C@@H]4[C@@H]5N)cc(OC)c3n2C)cnc1C1CCCCC1. The van der Waals surface area contributed by atoms with Gasteiger partial charge in [-0.3, -0.25) is 4.79 Å². The molecule has 1 aliphatic heterocycles. The lowest BCUT2D eigenvalue weighted by Crippen LogP contribution is -2.41. The molecule has 0 spiro atoms. The number of rotatable bonds is 5. The standard InChI is InChI=1S/C27H36N6O2/c1-4-32-21(14-29-25(32)16-8-6-5-7-9-16)26-30-19-12-18(13-22(35-3)24(19)31(26)2)27(34)33-15-17-10-11-20(33)23(17)28/h12-14,16-17,20,23H,4-11,15,28H2,1-3H3/t17-,20-,23-/m1/s1. The molecule has 3 heterocycles. The molecule has 0 unspecified atom stereocenters. The number of piperidine rings is 1. The first-order valence-corrected chi connectivity index (χ1v) is 13.2. The highest BCUT2D eigenvalue weighted by Crippen LogP contribution is 2.39. The second kappa shape index (κ2) is 8.66. The summed E-state index contributed by atoms with van der Waals surface area (Å²) in [6.07, 6.45) is 10.4. The number of imidazole rings is 2. The van der Waals surface area contributed by atoms with Crippen molar-refractivity contribution >= 4 is 16.9 Å². The number of likely N-dealkylation sites (tertiary alicyclic amines) is 1. The Bertz CT molecular complexity index is 1270. The summed E-state index contributed by atoms with van der Waals surface area (Å²) in [5.74, 6) is 3.66. The summed E-state index contributed by atoms with van der Waals surface area (Å²) in [5, 5.41) is 0. The fourth-order valence-corrected chi connectivity index (χ4v) is 6.85. The second-order valence-corrected chi connectivity index (χ2v) is 10.6. The molecule has 1 amide bonds. The number of carbonyl (C=O) groups excluding carboxylic acids is 1. The van der Waals surface area contributed by atoms with Gasteiger partial charge in [0.2, 0.25) is 0 Å². The maximum atomic E-state index is 13.5. The van der Waals surface area contributed by atoms with Crippen LogP contribution in [-0.4, -0.2) is 55.6 Å². The molecule has 3 aromatic rings. The van der Waals surface area contributed by atoms with Gasteiger partial charge in [0.15, 0.2) is 5.82 Å². The molecule has 2 saturated carbocycles. The van der Waals surface area contributed by atoms with Gasteiger partial charge in [-0.2, -0.15) is 0 Å². The zero-order valence-electron chi connectivity index (χ0n) is 21.0. The van der Waals surface area contributed by atoms with E-state index in [1.165, 1.54) is 37.9 Å². The van der Waals surface area contributed by atoms with Crippen molar-refractivity contribution in [3.63, 3.8) is 0 Å². The predicted molar refractivity (Wildman–Crippen MR) is 136 cm³/mol. The molecule has 3 fully saturated rings. The number of fused-ring (bicyclic) bond motifs is 3. The lowest BCUT2D eigenvalue weighted by atomic mass is 9.88. The maximum Gasteiger partial charge on any atom is 0.254 e. The van der Waals surface area contributed by atoms with Gasteiger partial charge in [-0.1, -0.05) is 19.3 Å². The fourth-order valence-electron chi connectivity index (χ4n) is 6.85. The van der Waals surface area contributed by atoms with Crippen molar-refractivity contribution in [1.82, 2.24) is 24.0 Å². The molecule has 1 saturated heterocycles. The predicted octanol–water partition coefficient (Wildman–Crippen LogP) is 4.07. The molecule has 35 heavy (non-hydrogen) atoms. The second-order valence-electron chi connectivity index (χ2n) is 10.6. The average Bonchev–Trinajstić information content (AvgIpc) is 3.64. The van der Waals surface area contributed by atoms with Crippen LogP contribution < -0.4 is 10.5 Å². The molecule has 8 heteroatoms. The monoisotopic (exact) mass is 476 g/mol. The number of methoxy groups -OCH3 is 1. The zero-order chi connectivity index (χ0) is 24.3. The third-order valence-electron chi connectivity index (χ3n) is 8.72. The third-order valence-corrected chi connectivity index (χ3v) is 8.72. The smallest absolute Gasteiger partial charge is 0.254 e. The van der Waals surface area contributed by atoms with Crippen molar-refractivity contribution in [2.24, 2.45) is 18.7 Å². The number of hydrogen-bond acceptors (Lipinski definition) is 5. The van der Waals surface area contributed by atoms with E-state index in [4.69, 9.17) is 20.4 Å². The van der Waals surface area contributed by atoms with Gasteiger partial charge in [0.25, 0.3) is 5.91 Å². The van der Waals surface area contributed by atoms with E-state index in [1.807, 2.05) is 30.3 Å². The Morgan fingerprint density at radius 3 is 2.63 bits per heavy atom. The summed E-state index contributed by atoms with van der Waals surface area (Å²) in [6, 6.07) is 4.01. The molecular weight excluding hydrogens is 440 g/mol. The minimum absolute atomic E-state index is 0.0261. The van der Waals surface area contributed by atoms with E-state index in [0.29, 0.717) is 23.1 Å². The number of hydrogen-bond donors (Lipinski definition) is 1. The van der Waals surface area contributed by atoms with Crippen LogP contribution in [0.4, 0.5) is 0 Å². The molecule has 186 valence electrons. The van der Waals surface area contributed by atoms with Gasteiger partial charge in [0.1, 0.15) is 22.8 Å². The number of aryl methyl sites for hydroxylation is 1. The maximum absolute atomic E-state index is 13.5. The van der Waals surface area contributed by atoms with Gasteiger partial charge in [0, 0.05) is 43.7 Å². The van der Waals surface area contributed by atoms with E-state index < -0.39 is 0 Å². The average molecular weight is 477 g/mol. The van der Waals surface area contributed by atoms with Crippen LogP contribution >= 0.6 is 0 Å². The first-order valence-electron chi connectivity index (χ1n) is 13.2. The molecule has 2 N–H and O–H groups in total. The van der Waals surface area contributed by atoms with Crippen LogP contribution in [0, 0.1) is 5.92 Å². The Morgan fingerprint density at radius 2 is 1.97 bits per heavy atom. The molecule has 3 atom stereocenters. The molecule has 1 aromatic carbocycles. The van der Waals surface area contributed by atoms with E-state index in [2.05, 4.69) is 16.1 Å². The summed E-state index contributed by atoms with van der Waals surface area (Å²) in [6.45, 7) is 3.77. The van der Waals surface area contributed by atoms with Gasteiger partial charge in [-0.05, 0) is 50.7 Å².